The number of carbonyl (C=O) groups is 2. The Labute approximate surface area is 185 Å². The second-order valence-corrected chi connectivity index (χ2v) is 9.14. The Morgan fingerprint density at radius 2 is 1.74 bits per heavy atom. The van der Waals surface area contributed by atoms with Crippen molar-refractivity contribution in [2.45, 2.75) is 38.3 Å². The smallest absolute Gasteiger partial charge is 0.295 e. The fourth-order valence-electron chi connectivity index (χ4n) is 4.63. The maximum absolute atomic E-state index is 13.1. The fourth-order valence-corrected chi connectivity index (χ4v) is 5.33. The molecule has 1 aliphatic heterocycles. The summed E-state index contributed by atoms with van der Waals surface area (Å²) in [5.41, 5.74) is 4.12. The average molecular weight is 430 g/mol. The molecule has 2 aliphatic rings. The summed E-state index contributed by atoms with van der Waals surface area (Å²) in [6, 6.07) is 18.7. The van der Waals surface area contributed by atoms with Crippen molar-refractivity contribution in [3.8, 4) is 0 Å². The van der Waals surface area contributed by atoms with Gasteiger partial charge in [-0.15, -0.1) is 11.3 Å². The highest BCUT2D eigenvalue weighted by Gasteiger charge is 2.46. The molecule has 5 heteroatoms. The number of hydrogen-bond acceptors (Lipinski definition) is 4. The molecule has 31 heavy (non-hydrogen) atoms. The molecule has 3 aromatic rings. The summed E-state index contributed by atoms with van der Waals surface area (Å²) in [5, 5.41) is 13.2. The van der Waals surface area contributed by atoms with Crippen LogP contribution in [-0.4, -0.2) is 21.7 Å². The molecule has 1 unspecified atom stereocenters. The lowest BCUT2D eigenvalue weighted by Crippen LogP contribution is -2.28. The molecule has 0 spiro atoms. The highest BCUT2D eigenvalue weighted by atomic mass is 32.1. The van der Waals surface area contributed by atoms with Gasteiger partial charge in [0.15, 0.2) is 0 Å². The van der Waals surface area contributed by atoms with Crippen LogP contribution >= 0.6 is 11.3 Å². The Kier molecular flexibility index (Phi) is 5.20. The van der Waals surface area contributed by atoms with E-state index >= 15 is 0 Å². The Bertz CT molecular complexity index is 1160. The van der Waals surface area contributed by atoms with E-state index in [0.717, 1.165) is 29.7 Å². The highest BCUT2D eigenvalue weighted by molar-refractivity contribution is 7.09. The molecule has 0 radical (unpaired) electrons. The maximum Gasteiger partial charge on any atom is 0.295 e. The number of thiophene rings is 1. The van der Waals surface area contributed by atoms with Gasteiger partial charge in [-0.05, 0) is 59.9 Å². The molecule has 0 saturated carbocycles. The van der Waals surface area contributed by atoms with Crippen molar-refractivity contribution >= 4 is 28.8 Å². The third-order valence-electron chi connectivity index (χ3n) is 6.18. The van der Waals surface area contributed by atoms with Gasteiger partial charge in [-0.3, -0.25) is 9.59 Å². The molecular formula is C26H23NO3S. The molecule has 1 saturated heterocycles. The van der Waals surface area contributed by atoms with Gasteiger partial charge in [-0.1, -0.05) is 48.5 Å². The number of hydrogen-bond donors (Lipinski definition) is 1. The van der Waals surface area contributed by atoms with E-state index in [4.69, 9.17) is 0 Å². The second-order valence-electron chi connectivity index (χ2n) is 8.11. The lowest BCUT2D eigenvalue weighted by Gasteiger charge is -2.25. The van der Waals surface area contributed by atoms with Gasteiger partial charge in [0.1, 0.15) is 5.76 Å². The van der Waals surface area contributed by atoms with Crippen LogP contribution in [0.5, 0.6) is 0 Å². The fraction of sp³-hybridized carbons (Fsp3) is 0.231. The molecule has 156 valence electrons. The standard InChI is InChI=1S/C26H23NO3S/c28-24(20-13-12-17-7-4-5-10-19(17)15-20)22-23(18-8-2-1-3-9-18)27(26(30)25(22)29)16-21-11-6-14-31-21/h1-3,6,8-9,11-15,23,28H,4-5,7,10,16H2/b24-22-. The van der Waals surface area contributed by atoms with Gasteiger partial charge in [0, 0.05) is 10.4 Å². The molecular weight excluding hydrogens is 406 g/mol. The van der Waals surface area contributed by atoms with E-state index in [1.165, 1.54) is 17.5 Å². The van der Waals surface area contributed by atoms with E-state index in [9.17, 15) is 14.7 Å². The number of carbonyl (C=O) groups excluding carboxylic acids is 2. The lowest BCUT2D eigenvalue weighted by molar-refractivity contribution is -0.140. The summed E-state index contributed by atoms with van der Waals surface area (Å²) in [4.78, 5) is 28.7. The minimum Gasteiger partial charge on any atom is -0.507 e. The molecule has 1 atom stereocenters. The van der Waals surface area contributed by atoms with Gasteiger partial charge in [-0.2, -0.15) is 0 Å². The number of benzene rings is 2. The molecule has 1 amide bonds. The molecule has 4 nitrogen and oxygen atoms in total. The van der Waals surface area contributed by atoms with Crippen LogP contribution in [0.25, 0.3) is 5.76 Å². The number of amides is 1. The minimum absolute atomic E-state index is 0.0887. The maximum atomic E-state index is 13.1. The topological polar surface area (TPSA) is 57.6 Å². The van der Waals surface area contributed by atoms with E-state index in [0.29, 0.717) is 12.1 Å². The quantitative estimate of drug-likeness (QED) is 0.350. The van der Waals surface area contributed by atoms with Crippen molar-refractivity contribution in [2.75, 3.05) is 0 Å². The van der Waals surface area contributed by atoms with Crippen molar-refractivity contribution in [3.63, 3.8) is 0 Å². The Balaban J connectivity index is 1.63. The molecule has 1 N–H and O–H groups in total. The zero-order valence-corrected chi connectivity index (χ0v) is 17.9. The number of likely N-dealkylation sites (tertiary alicyclic amines) is 1. The number of aliphatic hydroxyl groups excluding tert-OH is 1. The Hall–Kier alpha value is -3.18. The van der Waals surface area contributed by atoms with E-state index in [1.54, 1.807) is 16.2 Å². The lowest BCUT2D eigenvalue weighted by atomic mass is 9.89. The molecule has 2 aromatic carbocycles. The van der Waals surface area contributed by atoms with Crippen LogP contribution < -0.4 is 0 Å². The minimum atomic E-state index is -0.624. The van der Waals surface area contributed by atoms with Gasteiger partial charge in [0.2, 0.25) is 0 Å². The average Bonchev–Trinajstić information content (AvgIpc) is 3.41. The summed E-state index contributed by atoms with van der Waals surface area (Å²) in [7, 11) is 0. The van der Waals surface area contributed by atoms with Crippen molar-refractivity contribution in [1.82, 2.24) is 4.90 Å². The van der Waals surface area contributed by atoms with Crippen LogP contribution in [-0.2, 0) is 29.0 Å². The summed E-state index contributed by atoms with van der Waals surface area (Å²) in [5.74, 6) is -1.28. The first kappa shape index (κ1) is 19.8. The second kappa shape index (κ2) is 8.16. The van der Waals surface area contributed by atoms with Crippen molar-refractivity contribution in [1.29, 1.82) is 0 Å². The van der Waals surface area contributed by atoms with Gasteiger partial charge in [-0.25, -0.2) is 0 Å². The van der Waals surface area contributed by atoms with Crippen LogP contribution in [0.1, 0.15) is 46.0 Å². The molecule has 1 aliphatic carbocycles. The zero-order valence-electron chi connectivity index (χ0n) is 17.1. The van der Waals surface area contributed by atoms with Crippen LogP contribution in [0, 0.1) is 0 Å². The number of rotatable bonds is 4. The SMILES string of the molecule is O=C1C(=O)N(Cc2cccs2)C(c2ccccc2)/C1=C(/O)c1ccc2c(c1)CCCC2. The first-order valence-corrected chi connectivity index (χ1v) is 11.5. The van der Waals surface area contributed by atoms with Crippen LogP contribution in [0.2, 0.25) is 0 Å². The number of aliphatic hydroxyl groups is 1. The summed E-state index contributed by atoms with van der Waals surface area (Å²) >= 11 is 1.55. The Morgan fingerprint density at radius 3 is 2.48 bits per heavy atom. The number of fused-ring (bicyclic) bond motifs is 1. The number of ketones is 1. The predicted molar refractivity (Wildman–Crippen MR) is 122 cm³/mol. The molecule has 1 aromatic heterocycles. The molecule has 5 rings (SSSR count). The highest BCUT2D eigenvalue weighted by Crippen LogP contribution is 2.41. The summed E-state index contributed by atoms with van der Waals surface area (Å²) in [6.45, 7) is 0.336. The van der Waals surface area contributed by atoms with Crippen molar-refractivity contribution < 1.29 is 14.7 Å². The van der Waals surface area contributed by atoms with Crippen LogP contribution in [0.4, 0.5) is 0 Å². The number of aryl methyl sites for hydroxylation is 2. The monoisotopic (exact) mass is 429 g/mol. The normalized spacial score (nSPS) is 20.1. The predicted octanol–water partition coefficient (Wildman–Crippen LogP) is 5.25. The molecule has 1 fully saturated rings. The van der Waals surface area contributed by atoms with Gasteiger partial charge >= 0.3 is 0 Å². The van der Waals surface area contributed by atoms with Gasteiger partial charge < -0.3 is 10.0 Å². The van der Waals surface area contributed by atoms with Crippen molar-refractivity contribution in [2.24, 2.45) is 0 Å². The van der Waals surface area contributed by atoms with Crippen molar-refractivity contribution in [3.05, 3.63) is 98.7 Å². The number of Topliss-reactive ketones (excluding diaryl/α,β-unsaturated/α-hetero) is 1. The third kappa shape index (κ3) is 3.59. The first-order chi connectivity index (χ1) is 15.1. The zero-order chi connectivity index (χ0) is 21.4. The third-order valence-corrected chi connectivity index (χ3v) is 7.04. The van der Waals surface area contributed by atoms with E-state index in [1.807, 2.05) is 66.0 Å². The Morgan fingerprint density at radius 1 is 0.968 bits per heavy atom. The molecule has 2 heterocycles. The first-order valence-electron chi connectivity index (χ1n) is 10.6. The van der Waals surface area contributed by atoms with Gasteiger partial charge in [0.05, 0.1) is 18.2 Å². The summed E-state index contributed by atoms with van der Waals surface area (Å²) in [6.07, 6.45) is 4.34. The molecule has 0 bridgehead atoms. The largest absolute Gasteiger partial charge is 0.507 e. The number of nitrogens with zero attached hydrogens (tertiary/aromatic N) is 1. The van der Waals surface area contributed by atoms with Crippen LogP contribution in [0.3, 0.4) is 0 Å². The summed E-state index contributed by atoms with van der Waals surface area (Å²) < 4.78 is 0. The van der Waals surface area contributed by atoms with E-state index in [2.05, 4.69) is 0 Å². The van der Waals surface area contributed by atoms with E-state index in [-0.39, 0.29) is 11.3 Å². The van der Waals surface area contributed by atoms with Crippen LogP contribution in [0.15, 0.2) is 71.6 Å². The van der Waals surface area contributed by atoms with Gasteiger partial charge in [0.25, 0.3) is 11.7 Å². The van der Waals surface area contributed by atoms with E-state index < -0.39 is 17.7 Å².